The summed E-state index contributed by atoms with van der Waals surface area (Å²) in [5, 5.41) is 18.8. The average Bonchev–Trinajstić information content (AvgIpc) is 3.25. The molecule has 2 aliphatic heterocycles. The van der Waals surface area contributed by atoms with Crippen molar-refractivity contribution < 1.29 is 23.4 Å². The topological polar surface area (TPSA) is 83.8 Å². The van der Waals surface area contributed by atoms with Gasteiger partial charge in [0.2, 0.25) is 0 Å². The maximum absolute atomic E-state index is 12.3. The molecule has 1 fully saturated rings. The van der Waals surface area contributed by atoms with Crippen molar-refractivity contribution in [3.63, 3.8) is 0 Å². The molecule has 0 spiro atoms. The summed E-state index contributed by atoms with van der Waals surface area (Å²) in [6.07, 6.45) is 3.05. The third kappa shape index (κ3) is 4.15. The van der Waals surface area contributed by atoms with Gasteiger partial charge in [-0.05, 0) is 52.8 Å². The fourth-order valence-corrected chi connectivity index (χ4v) is 6.14. The van der Waals surface area contributed by atoms with Gasteiger partial charge in [-0.3, -0.25) is 0 Å². The van der Waals surface area contributed by atoms with Crippen LogP contribution in [0.3, 0.4) is 0 Å². The van der Waals surface area contributed by atoms with Crippen LogP contribution in [0.2, 0.25) is 0 Å². The Labute approximate surface area is 170 Å². The highest BCUT2D eigenvalue weighted by Gasteiger charge is 2.46. The summed E-state index contributed by atoms with van der Waals surface area (Å²) in [4.78, 5) is 0. The van der Waals surface area contributed by atoms with Crippen molar-refractivity contribution in [1.82, 2.24) is 0 Å². The molecule has 2 aliphatic rings. The Morgan fingerprint density at radius 2 is 1.93 bits per heavy atom. The van der Waals surface area contributed by atoms with Crippen LogP contribution in [0, 0.1) is 0 Å². The van der Waals surface area contributed by atoms with Crippen LogP contribution in [0.15, 0.2) is 65.7 Å². The molecule has 6 heteroatoms. The Bertz CT molecular complexity index is 1050. The number of hydrogen-bond acceptors (Lipinski definition) is 5. The molecule has 0 radical (unpaired) electrons. The molecule has 0 aromatic heterocycles. The summed E-state index contributed by atoms with van der Waals surface area (Å²) in [6, 6.07) is 17.1. The van der Waals surface area contributed by atoms with Gasteiger partial charge in [0, 0.05) is 0 Å². The zero-order valence-electron chi connectivity index (χ0n) is 16.0. The maximum atomic E-state index is 12.3. The second-order valence-electron chi connectivity index (χ2n) is 7.50. The molecule has 152 valence electrons. The van der Waals surface area contributed by atoms with E-state index in [4.69, 9.17) is 4.74 Å². The number of aliphatic hydroxyl groups is 1. The Balaban J connectivity index is 1.60. The Morgan fingerprint density at radius 1 is 1.14 bits per heavy atom. The van der Waals surface area contributed by atoms with Gasteiger partial charge in [-0.1, -0.05) is 48.5 Å². The van der Waals surface area contributed by atoms with Gasteiger partial charge in [0.1, 0.15) is 11.0 Å². The fraction of sp³-hybridized carbons (Fsp3) is 0.304. The predicted octanol–water partition coefficient (Wildman–Crippen LogP) is 3.20. The van der Waals surface area contributed by atoms with Crippen LogP contribution in [-0.4, -0.2) is 49.0 Å². The number of aliphatic hydroxyl groups excluding tert-OH is 1. The van der Waals surface area contributed by atoms with Crippen LogP contribution in [0.25, 0.3) is 11.6 Å². The van der Waals surface area contributed by atoms with E-state index >= 15 is 0 Å². The third-order valence-electron chi connectivity index (χ3n) is 5.58. The van der Waals surface area contributed by atoms with Gasteiger partial charge in [-0.25, -0.2) is 8.42 Å². The molecule has 1 saturated heterocycles. The molecule has 0 aliphatic carbocycles. The van der Waals surface area contributed by atoms with Gasteiger partial charge in [0.05, 0.1) is 25.1 Å². The summed E-state index contributed by atoms with van der Waals surface area (Å²) in [6.45, 7) is -0.0711. The van der Waals surface area contributed by atoms with Gasteiger partial charge in [0.15, 0.2) is 9.84 Å². The van der Waals surface area contributed by atoms with Gasteiger partial charge in [-0.2, -0.15) is 0 Å². The van der Waals surface area contributed by atoms with Crippen molar-refractivity contribution in [3.05, 3.63) is 76.9 Å². The normalized spacial score (nSPS) is 23.4. The van der Waals surface area contributed by atoms with Crippen molar-refractivity contribution in [3.8, 4) is 5.75 Å². The number of sulfone groups is 1. The first-order chi connectivity index (χ1) is 14.0. The first kappa shape index (κ1) is 19.9. The summed E-state index contributed by atoms with van der Waals surface area (Å²) < 4.78 is 30.5. The molecular formula is C23H24O5S. The zero-order chi connectivity index (χ0) is 20.4. The molecule has 2 aromatic rings. The molecule has 0 bridgehead atoms. The van der Waals surface area contributed by atoms with Gasteiger partial charge >= 0.3 is 0 Å². The Hall–Kier alpha value is -2.41. The van der Waals surface area contributed by atoms with E-state index in [0.29, 0.717) is 18.4 Å². The van der Waals surface area contributed by atoms with Gasteiger partial charge in [-0.15, -0.1) is 0 Å². The number of phenols is 1. The van der Waals surface area contributed by atoms with Crippen molar-refractivity contribution in [1.29, 1.82) is 0 Å². The Morgan fingerprint density at radius 3 is 2.66 bits per heavy atom. The van der Waals surface area contributed by atoms with Crippen molar-refractivity contribution in [2.75, 3.05) is 19.0 Å². The highest BCUT2D eigenvalue weighted by Crippen LogP contribution is 2.39. The van der Waals surface area contributed by atoms with E-state index in [1.54, 1.807) is 18.2 Å². The van der Waals surface area contributed by atoms with Crippen molar-refractivity contribution in [2.45, 2.75) is 24.2 Å². The summed E-state index contributed by atoms with van der Waals surface area (Å²) in [5.41, 5.74) is 4.40. The molecule has 2 atom stereocenters. The van der Waals surface area contributed by atoms with E-state index in [0.717, 1.165) is 22.3 Å². The summed E-state index contributed by atoms with van der Waals surface area (Å²) in [7, 11) is -3.26. The van der Waals surface area contributed by atoms with Crippen LogP contribution >= 0.6 is 0 Å². The molecule has 2 heterocycles. The van der Waals surface area contributed by atoms with E-state index < -0.39 is 15.1 Å². The molecule has 0 amide bonds. The predicted molar refractivity (Wildman–Crippen MR) is 113 cm³/mol. The first-order valence-corrected chi connectivity index (χ1v) is 11.4. The smallest absolute Gasteiger partial charge is 0.163 e. The molecular weight excluding hydrogens is 388 g/mol. The lowest BCUT2D eigenvalue weighted by atomic mass is 9.93. The quantitative estimate of drug-likeness (QED) is 0.562. The lowest BCUT2D eigenvalue weighted by Gasteiger charge is -2.15. The molecule has 0 saturated carbocycles. The molecule has 29 heavy (non-hydrogen) atoms. The summed E-state index contributed by atoms with van der Waals surface area (Å²) >= 11 is 0. The highest BCUT2D eigenvalue weighted by atomic mass is 32.2. The van der Waals surface area contributed by atoms with Gasteiger partial charge < -0.3 is 14.9 Å². The standard InChI is InChI=1S/C23H24O5S/c24-13-19-15-29(26,27)22-14-28-21(23(19)22)10-9-18(17-6-2-1-3-7-17)11-16-5-4-8-20(25)12-16/h1-8,11-12,21-22,24-25H,9-10,13-15H2/b18-11-/t21-,22+/m1/s1. The minimum atomic E-state index is -3.26. The minimum absolute atomic E-state index is 0.0615. The van der Waals surface area contributed by atoms with Crippen molar-refractivity contribution >= 4 is 21.5 Å². The van der Waals surface area contributed by atoms with Crippen LogP contribution < -0.4 is 0 Å². The number of ether oxygens (including phenoxy) is 1. The molecule has 2 N–H and O–H groups in total. The monoisotopic (exact) mass is 412 g/mol. The Kier molecular flexibility index (Phi) is 5.58. The number of fused-ring (bicyclic) bond motifs is 1. The second-order valence-corrected chi connectivity index (χ2v) is 9.69. The second kappa shape index (κ2) is 8.14. The van der Waals surface area contributed by atoms with E-state index in [2.05, 4.69) is 0 Å². The largest absolute Gasteiger partial charge is 0.508 e. The average molecular weight is 413 g/mol. The minimum Gasteiger partial charge on any atom is -0.508 e. The third-order valence-corrected chi connectivity index (χ3v) is 7.59. The van der Waals surface area contributed by atoms with E-state index in [1.165, 1.54) is 0 Å². The van der Waals surface area contributed by atoms with E-state index in [-0.39, 0.29) is 30.8 Å². The number of allylic oxidation sites excluding steroid dienone is 1. The lowest BCUT2D eigenvalue weighted by molar-refractivity contribution is 0.118. The highest BCUT2D eigenvalue weighted by molar-refractivity contribution is 7.92. The number of rotatable bonds is 6. The van der Waals surface area contributed by atoms with Crippen LogP contribution in [0.4, 0.5) is 0 Å². The molecule has 2 aromatic carbocycles. The molecule has 4 rings (SSSR count). The van der Waals surface area contributed by atoms with E-state index in [1.807, 2.05) is 42.5 Å². The van der Waals surface area contributed by atoms with Crippen LogP contribution in [0.5, 0.6) is 5.75 Å². The number of hydrogen-bond donors (Lipinski definition) is 2. The first-order valence-electron chi connectivity index (χ1n) is 9.69. The summed E-state index contributed by atoms with van der Waals surface area (Å²) in [5.74, 6) is 0.149. The van der Waals surface area contributed by atoms with Crippen LogP contribution in [0.1, 0.15) is 24.0 Å². The molecule has 5 nitrogen and oxygen atoms in total. The van der Waals surface area contributed by atoms with Gasteiger partial charge in [0.25, 0.3) is 0 Å². The number of phenolic OH excluding ortho intramolecular Hbond substituents is 1. The fourth-order valence-electron chi connectivity index (χ4n) is 4.20. The number of benzene rings is 2. The SMILES string of the molecule is O=S1(=O)CC(CO)=C2[C@@H](CC/C(=C/c3cccc(O)c3)c3ccccc3)OC[C@@H]21. The molecule has 0 unspecified atom stereocenters. The zero-order valence-corrected chi connectivity index (χ0v) is 16.8. The lowest BCUT2D eigenvalue weighted by Crippen LogP contribution is -2.19. The van der Waals surface area contributed by atoms with Crippen LogP contribution in [-0.2, 0) is 14.6 Å². The van der Waals surface area contributed by atoms with E-state index in [9.17, 15) is 18.6 Å². The number of aromatic hydroxyl groups is 1. The van der Waals surface area contributed by atoms with Crippen molar-refractivity contribution in [2.24, 2.45) is 0 Å². The maximum Gasteiger partial charge on any atom is 0.163 e.